The highest BCUT2D eigenvalue weighted by atomic mass is 127. The van der Waals surface area contributed by atoms with Crippen molar-refractivity contribution in [3.63, 3.8) is 0 Å². The van der Waals surface area contributed by atoms with Crippen molar-refractivity contribution >= 4 is 29.9 Å². The summed E-state index contributed by atoms with van der Waals surface area (Å²) in [7, 11) is 4.09. The second-order valence-corrected chi connectivity index (χ2v) is 8.44. The highest BCUT2D eigenvalue weighted by Crippen LogP contribution is 2.18. The third-order valence-electron chi connectivity index (χ3n) is 5.70. The van der Waals surface area contributed by atoms with Gasteiger partial charge < -0.3 is 20.4 Å². The number of hydrogen-bond donors (Lipinski definition) is 2. The summed E-state index contributed by atoms with van der Waals surface area (Å²) < 4.78 is 0. The number of likely N-dealkylation sites (N-methyl/N-ethyl adjacent to an activating group) is 1. The zero-order valence-electron chi connectivity index (χ0n) is 17.7. The summed E-state index contributed by atoms with van der Waals surface area (Å²) in [5.41, 5.74) is 0. The van der Waals surface area contributed by atoms with Gasteiger partial charge in [0.2, 0.25) is 0 Å². The maximum absolute atomic E-state index is 4.44. The van der Waals surface area contributed by atoms with E-state index in [1.807, 2.05) is 7.05 Å². The van der Waals surface area contributed by atoms with Gasteiger partial charge in [-0.05, 0) is 32.7 Å². The standard InChI is InChI=1S/C19H40N6.HI/c1-15(2)25-13-17(4)18(14-25)22-19(20-5)21-11-16(3)12-24-9-7-23(6)8-10-24;/h15-18H,7-14H2,1-6H3,(H2,20,21,22);1H. The Morgan fingerprint density at radius 2 is 1.77 bits per heavy atom. The van der Waals surface area contributed by atoms with E-state index in [1.165, 1.54) is 39.3 Å². The van der Waals surface area contributed by atoms with Crippen molar-refractivity contribution < 1.29 is 0 Å². The molecule has 2 heterocycles. The molecule has 2 saturated heterocycles. The highest BCUT2D eigenvalue weighted by molar-refractivity contribution is 14.0. The lowest BCUT2D eigenvalue weighted by Gasteiger charge is -2.34. The predicted octanol–water partition coefficient (Wildman–Crippen LogP) is 1.38. The molecule has 0 spiro atoms. The van der Waals surface area contributed by atoms with Gasteiger partial charge in [-0.15, -0.1) is 24.0 Å². The lowest BCUT2D eigenvalue weighted by atomic mass is 10.1. The van der Waals surface area contributed by atoms with Gasteiger partial charge in [-0.3, -0.25) is 9.89 Å². The summed E-state index contributed by atoms with van der Waals surface area (Å²) in [5.74, 6) is 2.23. The van der Waals surface area contributed by atoms with E-state index in [4.69, 9.17) is 0 Å². The smallest absolute Gasteiger partial charge is 0.191 e. The fourth-order valence-corrected chi connectivity index (χ4v) is 3.79. The minimum absolute atomic E-state index is 0. The van der Waals surface area contributed by atoms with Crippen LogP contribution in [0.15, 0.2) is 4.99 Å². The van der Waals surface area contributed by atoms with Crippen molar-refractivity contribution in [1.82, 2.24) is 25.3 Å². The van der Waals surface area contributed by atoms with Crippen LogP contribution in [0.2, 0.25) is 0 Å². The van der Waals surface area contributed by atoms with Crippen LogP contribution in [0.4, 0.5) is 0 Å². The molecule has 0 aromatic heterocycles. The molecule has 3 unspecified atom stereocenters. The lowest BCUT2D eigenvalue weighted by Crippen LogP contribution is -2.49. The molecule has 0 bridgehead atoms. The number of rotatable bonds is 6. The summed E-state index contributed by atoms with van der Waals surface area (Å²) >= 11 is 0. The molecule has 0 saturated carbocycles. The highest BCUT2D eigenvalue weighted by Gasteiger charge is 2.31. The van der Waals surface area contributed by atoms with Crippen LogP contribution in [0.3, 0.4) is 0 Å². The SMILES string of the molecule is CN=C(NCC(C)CN1CCN(C)CC1)NC1CN(C(C)C)CC1C.I. The number of nitrogens with zero attached hydrogens (tertiary/aromatic N) is 4. The predicted molar refractivity (Wildman–Crippen MR) is 123 cm³/mol. The number of piperazine rings is 1. The Morgan fingerprint density at radius 3 is 2.31 bits per heavy atom. The van der Waals surface area contributed by atoms with Crippen molar-refractivity contribution in [2.75, 3.05) is 66.5 Å². The average Bonchev–Trinajstić information content (AvgIpc) is 2.94. The second-order valence-electron chi connectivity index (χ2n) is 8.44. The van der Waals surface area contributed by atoms with E-state index in [0.29, 0.717) is 23.9 Å². The molecule has 2 aliphatic rings. The summed E-state index contributed by atoms with van der Waals surface area (Å²) in [6, 6.07) is 1.11. The molecule has 0 aliphatic carbocycles. The number of hydrogen-bond acceptors (Lipinski definition) is 4. The molecular formula is C19H41IN6. The Morgan fingerprint density at radius 1 is 1.12 bits per heavy atom. The number of likely N-dealkylation sites (tertiary alicyclic amines) is 1. The molecule has 2 N–H and O–H groups in total. The van der Waals surface area contributed by atoms with Crippen LogP contribution >= 0.6 is 24.0 Å². The number of nitrogens with one attached hydrogen (secondary N) is 2. The van der Waals surface area contributed by atoms with Crippen molar-refractivity contribution in [2.24, 2.45) is 16.8 Å². The van der Waals surface area contributed by atoms with Gasteiger partial charge in [0, 0.05) is 71.5 Å². The van der Waals surface area contributed by atoms with Crippen LogP contribution in [0.1, 0.15) is 27.7 Å². The third kappa shape index (κ3) is 7.48. The third-order valence-corrected chi connectivity index (χ3v) is 5.70. The molecule has 154 valence electrons. The Labute approximate surface area is 178 Å². The van der Waals surface area contributed by atoms with Gasteiger partial charge >= 0.3 is 0 Å². The van der Waals surface area contributed by atoms with Gasteiger partial charge in [0.05, 0.1) is 0 Å². The van der Waals surface area contributed by atoms with E-state index in [2.05, 4.69) is 65.1 Å². The van der Waals surface area contributed by atoms with Crippen LogP contribution in [0, 0.1) is 11.8 Å². The van der Waals surface area contributed by atoms with Crippen LogP contribution in [0.5, 0.6) is 0 Å². The quantitative estimate of drug-likeness (QED) is 0.342. The van der Waals surface area contributed by atoms with E-state index in [-0.39, 0.29) is 24.0 Å². The van der Waals surface area contributed by atoms with Crippen molar-refractivity contribution in [2.45, 2.75) is 39.8 Å². The first-order chi connectivity index (χ1) is 11.9. The van der Waals surface area contributed by atoms with Gasteiger partial charge in [0.1, 0.15) is 0 Å². The first-order valence-electron chi connectivity index (χ1n) is 10.0. The molecule has 0 aromatic carbocycles. The fraction of sp³-hybridized carbons (Fsp3) is 0.947. The van der Waals surface area contributed by atoms with Gasteiger partial charge in [-0.1, -0.05) is 13.8 Å². The molecular weight excluding hydrogens is 439 g/mol. The van der Waals surface area contributed by atoms with Gasteiger partial charge in [-0.2, -0.15) is 0 Å². The van der Waals surface area contributed by atoms with Crippen molar-refractivity contribution in [1.29, 1.82) is 0 Å². The second kappa shape index (κ2) is 11.7. The summed E-state index contributed by atoms with van der Waals surface area (Å²) in [6.45, 7) is 18.4. The van der Waals surface area contributed by atoms with Crippen LogP contribution < -0.4 is 10.6 Å². The molecule has 2 fully saturated rings. The first-order valence-corrected chi connectivity index (χ1v) is 10.0. The van der Waals surface area contributed by atoms with E-state index < -0.39 is 0 Å². The maximum Gasteiger partial charge on any atom is 0.191 e. The Hall–Kier alpha value is -0.120. The largest absolute Gasteiger partial charge is 0.356 e. The molecule has 0 amide bonds. The number of guanidine groups is 1. The molecule has 3 atom stereocenters. The Kier molecular flexibility index (Phi) is 10.7. The molecule has 2 aliphatic heterocycles. The number of aliphatic imine (C=N–C) groups is 1. The Bertz CT molecular complexity index is 422. The van der Waals surface area contributed by atoms with Crippen LogP contribution in [0.25, 0.3) is 0 Å². The zero-order valence-corrected chi connectivity index (χ0v) is 20.0. The summed E-state index contributed by atoms with van der Waals surface area (Å²) in [5, 5.41) is 7.18. The molecule has 7 heteroatoms. The van der Waals surface area contributed by atoms with E-state index in [0.717, 1.165) is 19.0 Å². The maximum atomic E-state index is 4.44. The number of halogens is 1. The van der Waals surface area contributed by atoms with E-state index >= 15 is 0 Å². The summed E-state index contributed by atoms with van der Waals surface area (Å²) in [4.78, 5) is 12.0. The minimum atomic E-state index is 0. The van der Waals surface area contributed by atoms with Gasteiger partial charge in [0.25, 0.3) is 0 Å². The lowest BCUT2D eigenvalue weighted by molar-refractivity contribution is 0.139. The van der Waals surface area contributed by atoms with Crippen molar-refractivity contribution in [3.8, 4) is 0 Å². The fourth-order valence-electron chi connectivity index (χ4n) is 3.79. The van der Waals surface area contributed by atoms with Gasteiger partial charge in [0.15, 0.2) is 5.96 Å². The average molecular weight is 480 g/mol. The molecule has 0 radical (unpaired) electrons. The molecule has 26 heavy (non-hydrogen) atoms. The molecule has 0 aromatic rings. The monoisotopic (exact) mass is 480 g/mol. The first kappa shape index (κ1) is 23.9. The van der Waals surface area contributed by atoms with Crippen LogP contribution in [-0.4, -0.2) is 99.2 Å². The van der Waals surface area contributed by atoms with E-state index in [9.17, 15) is 0 Å². The van der Waals surface area contributed by atoms with Crippen molar-refractivity contribution in [3.05, 3.63) is 0 Å². The Balaban J connectivity index is 0.00000338. The minimum Gasteiger partial charge on any atom is -0.356 e. The topological polar surface area (TPSA) is 46.1 Å². The normalized spacial score (nSPS) is 27.4. The van der Waals surface area contributed by atoms with Gasteiger partial charge in [-0.25, -0.2) is 0 Å². The molecule has 2 rings (SSSR count). The summed E-state index contributed by atoms with van der Waals surface area (Å²) in [6.07, 6.45) is 0. The zero-order chi connectivity index (χ0) is 18.4. The van der Waals surface area contributed by atoms with E-state index in [1.54, 1.807) is 0 Å². The van der Waals surface area contributed by atoms with Crippen LogP contribution in [-0.2, 0) is 0 Å². The molecule has 6 nitrogen and oxygen atoms in total.